The van der Waals surface area contributed by atoms with Gasteiger partial charge >= 0.3 is 5.97 Å². The monoisotopic (exact) mass is 323 g/mol. The summed E-state index contributed by atoms with van der Waals surface area (Å²) >= 11 is 10.6. The minimum atomic E-state index is -0.338. The first-order valence-corrected chi connectivity index (χ1v) is 9.21. The second-order valence-electron chi connectivity index (χ2n) is 3.75. The van der Waals surface area contributed by atoms with Crippen molar-refractivity contribution in [3.8, 4) is 0 Å². The summed E-state index contributed by atoms with van der Waals surface area (Å²) in [6.07, 6.45) is 0. The third-order valence-corrected chi connectivity index (χ3v) is 5.86. The number of carbonyl (C=O) groups excluding carboxylic acids is 1. The van der Waals surface area contributed by atoms with Crippen molar-refractivity contribution in [3.05, 3.63) is 12.2 Å². The Kier molecular flexibility index (Phi) is 8.21. The lowest BCUT2D eigenvalue weighted by Crippen LogP contribution is -2.38. The van der Waals surface area contributed by atoms with E-state index in [9.17, 15) is 4.79 Å². The smallest absolute Gasteiger partial charge is 0.333 e. The number of thiocarbonyl (C=S) groups is 1. The maximum absolute atomic E-state index is 11.1. The zero-order valence-electron chi connectivity index (χ0n) is 10.3. The van der Waals surface area contributed by atoms with E-state index >= 15 is 0 Å². The molecule has 1 rings (SSSR count). The van der Waals surface area contributed by atoms with Crippen molar-refractivity contribution in [2.24, 2.45) is 0 Å². The summed E-state index contributed by atoms with van der Waals surface area (Å²) in [5.41, 5.74) is 0.428. The molecule has 1 saturated heterocycles. The lowest BCUT2D eigenvalue weighted by molar-refractivity contribution is -0.138. The van der Waals surface area contributed by atoms with Crippen molar-refractivity contribution in [1.82, 2.24) is 5.32 Å². The first-order chi connectivity index (χ1) is 8.59. The molecule has 0 radical (unpaired) electrons. The quantitative estimate of drug-likeness (QED) is 0.361. The van der Waals surface area contributed by atoms with Gasteiger partial charge in [0.1, 0.15) is 10.9 Å². The molecule has 0 unspecified atom stereocenters. The van der Waals surface area contributed by atoms with Gasteiger partial charge in [-0.1, -0.05) is 30.6 Å². The highest BCUT2D eigenvalue weighted by molar-refractivity contribution is 8.23. The molecule has 0 aromatic carbocycles. The molecule has 0 bridgehead atoms. The molecule has 1 aliphatic heterocycles. The standard InChI is InChI=1S/C11H17NO2S4/c1-8(2)10(13)14-3-4-18-11(15)12-9-5-16-7-17-6-9/h9H,1,3-7H2,2H3,(H,12,15). The number of nitrogens with one attached hydrogen (secondary N) is 1. The van der Waals surface area contributed by atoms with Crippen LogP contribution in [-0.2, 0) is 9.53 Å². The molecule has 0 saturated carbocycles. The SMILES string of the molecule is C=C(C)C(=O)OCCSC(=S)NC1CSCSC1. The second-order valence-corrected chi connectivity index (χ2v) is 7.95. The highest BCUT2D eigenvalue weighted by atomic mass is 32.2. The molecular formula is C11H17NO2S4. The minimum absolute atomic E-state index is 0.338. The maximum atomic E-state index is 11.1. The summed E-state index contributed by atoms with van der Waals surface area (Å²) in [4.78, 5) is 11.1. The van der Waals surface area contributed by atoms with Gasteiger partial charge in [-0.25, -0.2) is 4.79 Å². The predicted octanol–water partition coefficient (Wildman–Crippen LogP) is 2.52. The summed E-state index contributed by atoms with van der Waals surface area (Å²) in [6.45, 7) is 5.53. The van der Waals surface area contributed by atoms with Crippen LogP contribution >= 0.6 is 47.5 Å². The van der Waals surface area contributed by atoms with E-state index in [0.717, 1.165) is 15.8 Å². The van der Waals surface area contributed by atoms with E-state index in [1.165, 1.54) is 16.8 Å². The Balaban J connectivity index is 2.06. The minimum Gasteiger partial charge on any atom is -0.461 e. The van der Waals surface area contributed by atoms with Crippen LogP contribution in [0.1, 0.15) is 6.92 Å². The molecule has 0 spiro atoms. The van der Waals surface area contributed by atoms with Crippen molar-refractivity contribution in [3.63, 3.8) is 0 Å². The van der Waals surface area contributed by atoms with Crippen molar-refractivity contribution >= 4 is 57.8 Å². The molecule has 0 amide bonds. The molecular weight excluding hydrogens is 306 g/mol. The van der Waals surface area contributed by atoms with Gasteiger partial charge in [0.05, 0.1) is 0 Å². The van der Waals surface area contributed by atoms with Crippen LogP contribution in [0.3, 0.4) is 0 Å². The van der Waals surface area contributed by atoms with Gasteiger partial charge < -0.3 is 10.1 Å². The Bertz CT molecular complexity index is 316. The van der Waals surface area contributed by atoms with Crippen LogP contribution in [0.15, 0.2) is 12.2 Å². The number of hydrogen-bond donors (Lipinski definition) is 1. The molecule has 0 atom stereocenters. The molecule has 18 heavy (non-hydrogen) atoms. The molecule has 1 fully saturated rings. The Hall–Kier alpha value is 0.150. The van der Waals surface area contributed by atoms with E-state index in [-0.39, 0.29) is 5.97 Å². The zero-order valence-corrected chi connectivity index (χ0v) is 13.5. The van der Waals surface area contributed by atoms with E-state index in [2.05, 4.69) is 11.9 Å². The van der Waals surface area contributed by atoms with Crippen LogP contribution in [0.5, 0.6) is 0 Å². The van der Waals surface area contributed by atoms with Crippen LogP contribution in [0.4, 0.5) is 0 Å². The first kappa shape index (κ1) is 16.2. The molecule has 7 heteroatoms. The number of esters is 1. The highest BCUT2D eigenvalue weighted by Gasteiger charge is 2.14. The van der Waals surface area contributed by atoms with Gasteiger partial charge in [-0.15, -0.1) is 23.5 Å². The van der Waals surface area contributed by atoms with E-state index in [1.807, 2.05) is 23.5 Å². The lowest BCUT2D eigenvalue weighted by atomic mass is 10.4. The van der Waals surface area contributed by atoms with Crippen LogP contribution in [-0.4, -0.2) is 45.3 Å². The molecule has 1 heterocycles. The number of ether oxygens (including phenoxy) is 1. The van der Waals surface area contributed by atoms with Crippen molar-refractivity contribution < 1.29 is 9.53 Å². The number of hydrogen-bond acceptors (Lipinski definition) is 6. The fraction of sp³-hybridized carbons (Fsp3) is 0.636. The summed E-state index contributed by atoms with van der Waals surface area (Å²) in [7, 11) is 0. The molecule has 1 aliphatic rings. The van der Waals surface area contributed by atoms with Crippen molar-refractivity contribution in [1.29, 1.82) is 0 Å². The van der Waals surface area contributed by atoms with Crippen LogP contribution in [0.2, 0.25) is 0 Å². The van der Waals surface area contributed by atoms with Gasteiger partial charge in [0.2, 0.25) is 0 Å². The number of carbonyl (C=O) groups is 1. The average molecular weight is 324 g/mol. The molecule has 0 aromatic rings. The largest absolute Gasteiger partial charge is 0.461 e. The van der Waals surface area contributed by atoms with E-state index in [1.54, 1.807) is 6.92 Å². The average Bonchev–Trinajstić information content (AvgIpc) is 2.35. The van der Waals surface area contributed by atoms with Crippen molar-refractivity contribution in [2.45, 2.75) is 13.0 Å². The maximum Gasteiger partial charge on any atom is 0.333 e. The zero-order chi connectivity index (χ0) is 13.4. The second kappa shape index (κ2) is 9.12. The van der Waals surface area contributed by atoms with Gasteiger partial charge in [-0.2, -0.15) is 0 Å². The van der Waals surface area contributed by atoms with Crippen LogP contribution < -0.4 is 5.32 Å². The normalized spacial score (nSPS) is 16.1. The third kappa shape index (κ3) is 6.92. The Morgan fingerprint density at radius 1 is 1.56 bits per heavy atom. The first-order valence-electron chi connectivity index (χ1n) is 5.51. The van der Waals surface area contributed by atoms with Gasteiger partial charge in [0, 0.05) is 34.0 Å². The lowest BCUT2D eigenvalue weighted by Gasteiger charge is -2.23. The fourth-order valence-corrected chi connectivity index (χ4v) is 4.55. The van der Waals surface area contributed by atoms with E-state index < -0.39 is 0 Å². The van der Waals surface area contributed by atoms with E-state index in [4.69, 9.17) is 17.0 Å². The van der Waals surface area contributed by atoms with Gasteiger partial charge in [0.25, 0.3) is 0 Å². The summed E-state index contributed by atoms with van der Waals surface area (Å²) in [6, 6.07) is 0.465. The van der Waals surface area contributed by atoms with Gasteiger partial charge in [0.15, 0.2) is 0 Å². The summed E-state index contributed by atoms with van der Waals surface area (Å²) < 4.78 is 5.78. The van der Waals surface area contributed by atoms with Crippen LogP contribution in [0.25, 0.3) is 0 Å². The highest BCUT2D eigenvalue weighted by Crippen LogP contribution is 2.21. The van der Waals surface area contributed by atoms with E-state index in [0.29, 0.717) is 24.0 Å². The van der Waals surface area contributed by atoms with Gasteiger partial charge in [-0.3, -0.25) is 0 Å². The molecule has 1 N–H and O–H groups in total. The Morgan fingerprint density at radius 2 is 2.22 bits per heavy atom. The summed E-state index contributed by atoms with van der Waals surface area (Å²) in [5.74, 6) is 2.56. The van der Waals surface area contributed by atoms with Gasteiger partial charge in [-0.05, 0) is 6.92 Å². The molecule has 3 nitrogen and oxygen atoms in total. The fourth-order valence-electron chi connectivity index (χ4n) is 1.17. The Labute approximate surface area is 126 Å². The number of rotatable bonds is 5. The van der Waals surface area contributed by atoms with Crippen molar-refractivity contribution in [2.75, 3.05) is 29.0 Å². The third-order valence-electron chi connectivity index (χ3n) is 2.02. The molecule has 0 aliphatic carbocycles. The predicted molar refractivity (Wildman–Crippen MR) is 87.5 cm³/mol. The number of thioether (sulfide) groups is 3. The topological polar surface area (TPSA) is 38.3 Å². The molecule has 102 valence electrons. The van der Waals surface area contributed by atoms with Crippen LogP contribution in [0, 0.1) is 0 Å². The summed E-state index contributed by atoms with van der Waals surface area (Å²) in [5, 5.41) is 4.50. The Morgan fingerprint density at radius 3 is 2.83 bits per heavy atom. The molecule has 0 aromatic heterocycles.